The Hall–Kier alpha value is -1.94. The standard InChI is InChI=1S/C11H8F2N2/c12-9-2-1-3-10(13)11(9)8(4-6-14)5-7-15/h1-3,8H,4-5H2. The minimum Gasteiger partial charge on any atom is -0.207 e. The SMILES string of the molecule is N#CCC(CC#N)c1c(F)cccc1F. The Bertz CT molecular complexity index is 393. The topological polar surface area (TPSA) is 47.6 Å². The van der Waals surface area contributed by atoms with Crippen LogP contribution < -0.4 is 0 Å². The molecule has 0 saturated heterocycles. The Morgan fingerprint density at radius 3 is 1.93 bits per heavy atom. The van der Waals surface area contributed by atoms with Crippen molar-refractivity contribution in [1.29, 1.82) is 10.5 Å². The minimum absolute atomic E-state index is 0.0641. The van der Waals surface area contributed by atoms with E-state index in [2.05, 4.69) is 0 Å². The third-order valence-electron chi connectivity index (χ3n) is 2.08. The molecular formula is C11H8F2N2. The van der Waals surface area contributed by atoms with E-state index in [1.807, 2.05) is 12.1 Å². The Labute approximate surface area is 86.4 Å². The number of nitriles is 2. The van der Waals surface area contributed by atoms with Gasteiger partial charge in [-0.25, -0.2) is 8.78 Å². The van der Waals surface area contributed by atoms with E-state index in [4.69, 9.17) is 10.5 Å². The van der Waals surface area contributed by atoms with Crippen LogP contribution in [0.25, 0.3) is 0 Å². The van der Waals surface area contributed by atoms with Crippen LogP contribution >= 0.6 is 0 Å². The first-order valence-electron chi connectivity index (χ1n) is 4.38. The van der Waals surface area contributed by atoms with E-state index < -0.39 is 17.6 Å². The van der Waals surface area contributed by atoms with Crippen LogP contribution in [0.4, 0.5) is 8.78 Å². The van der Waals surface area contributed by atoms with Crippen LogP contribution in [0, 0.1) is 34.3 Å². The molecule has 0 bridgehead atoms. The second kappa shape index (κ2) is 5.07. The van der Waals surface area contributed by atoms with Crippen LogP contribution in [0.15, 0.2) is 18.2 Å². The van der Waals surface area contributed by atoms with Gasteiger partial charge in [-0.05, 0) is 12.1 Å². The fourth-order valence-electron chi connectivity index (χ4n) is 1.40. The lowest BCUT2D eigenvalue weighted by molar-refractivity contribution is 0.525. The van der Waals surface area contributed by atoms with Gasteiger partial charge in [0.2, 0.25) is 0 Å². The molecule has 1 rings (SSSR count). The van der Waals surface area contributed by atoms with Crippen molar-refractivity contribution in [2.75, 3.05) is 0 Å². The third-order valence-corrected chi connectivity index (χ3v) is 2.08. The number of hydrogen-bond donors (Lipinski definition) is 0. The molecule has 1 aromatic carbocycles. The largest absolute Gasteiger partial charge is 0.207 e. The normalized spacial score (nSPS) is 9.67. The van der Waals surface area contributed by atoms with Gasteiger partial charge < -0.3 is 0 Å². The third kappa shape index (κ3) is 2.51. The van der Waals surface area contributed by atoms with Crippen molar-refractivity contribution in [2.24, 2.45) is 0 Å². The van der Waals surface area contributed by atoms with Crippen molar-refractivity contribution in [2.45, 2.75) is 18.8 Å². The zero-order valence-corrected chi connectivity index (χ0v) is 7.87. The fraction of sp³-hybridized carbons (Fsp3) is 0.273. The van der Waals surface area contributed by atoms with Crippen LogP contribution in [0.1, 0.15) is 24.3 Å². The Balaban J connectivity index is 3.12. The molecule has 0 atom stereocenters. The molecule has 0 unspecified atom stereocenters. The fourth-order valence-corrected chi connectivity index (χ4v) is 1.40. The maximum Gasteiger partial charge on any atom is 0.129 e. The number of rotatable bonds is 3. The smallest absolute Gasteiger partial charge is 0.129 e. The minimum atomic E-state index is -0.703. The highest BCUT2D eigenvalue weighted by atomic mass is 19.1. The van der Waals surface area contributed by atoms with Gasteiger partial charge in [-0.1, -0.05) is 6.07 Å². The molecule has 1 aromatic rings. The van der Waals surface area contributed by atoms with E-state index in [0.717, 1.165) is 12.1 Å². The zero-order chi connectivity index (χ0) is 11.3. The summed E-state index contributed by atoms with van der Waals surface area (Å²) in [6.45, 7) is 0. The van der Waals surface area contributed by atoms with E-state index in [0.29, 0.717) is 0 Å². The molecule has 0 aromatic heterocycles. The Kier molecular flexibility index (Phi) is 3.76. The quantitative estimate of drug-likeness (QED) is 0.763. The molecule has 0 aliphatic carbocycles. The summed E-state index contributed by atoms with van der Waals surface area (Å²) < 4.78 is 26.6. The van der Waals surface area contributed by atoms with E-state index >= 15 is 0 Å². The van der Waals surface area contributed by atoms with Gasteiger partial charge in [-0.3, -0.25) is 0 Å². The van der Waals surface area contributed by atoms with Crippen molar-refractivity contribution in [1.82, 2.24) is 0 Å². The lowest BCUT2D eigenvalue weighted by atomic mass is 9.93. The predicted octanol–water partition coefficient (Wildman–Crippen LogP) is 2.88. The highest BCUT2D eigenvalue weighted by Gasteiger charge is 2.19. The maximum absolute atomic E-state index is 13.3. The molecule has 0 aliphatic heterocycles. The van der Waals surface area contributed by atoms with Gasteiger partial charge in [0.05, 0.1) is 12.1 Å². The molecule has 0 spiro atoms. The summed E-state index contributed by atoms with van der Waals surface area (Å²) in [5.41, 5.74) is -0.166. The van der Waals surface area contributed by atoms with E-state index in [1.165, 1.54) is 6.07 Å². The first kappa shape index (κ1) is 11.1. The molecular weight excluding hydrogens is 198 g/mol. The van der Waals surface area contributed by atoms with Gasteiger partial charge in [0, 0.05) is 24.3 Å². The van der Waals surface area contributed by atoms with Crippen molar-refractivity contribution in [3.63, 3.8) is 0 Å². The summed E-state index contributed by atoms with van der Waals surface area (Å²) in [6.07, 6.45) is -0.128. The van der Waals surface area contributed by atoms with Gasteiger partial charge in [0.25, 0.3) is 0 Å². The Morgan fingerprint density at radius 2 is 1.53 bits per heavy atom. The summed E-state index contributed by atoms with van der Waals surface area (Å²) in [6, 6.07) is 7.15. The molecule has 76 valence electrons. The molecule has 4 heteroatoms. The van der Waals surface area contributed by atoms with Gasteiger partial charge in [-0.2, -0.15) is 10.5 Å². The monoisotopic (exact) mass is 206 g/mol. The number of nitrogens with zero attached hydrogens (tertiary/aromatic N) is 2. The molecule has 0 amide bonds. The first-order chi connectivity index (χ1) is 7.20. The van der Waals surface area contributed by atoms with E-state index in [9.17, 15) is 8.78 Å². The highest BCUT2D eigenvalue weighted by molar-refractivity contribution is 5.25. The van der Waals surface area contributed by atoms with E-state index in [-0.39, 0.29) is 18.4 Å². The van der Waals surface area contributed by atoms with Gasteiger partial charge in [0.15, 0.2) is 0 Å². The van der Waals surface area contributed by atoms with Crippen LogP contribution in [0.3, 0.4) is 0 Å². The molecule has 0 N–H and O–H groups in total. The zero-order valence-electron chi connectivity index (χ0n) is 7.87. The first-order valence-corrected chi connectivity index (χ1v) is 4.38. The summed E-state index contributed by atoms with van der Waals surface area (Å²) >= 11 is 0. The van der Waals surface area contributed by atoms with Crippen LogP contribution in [0.2, 0.25) is 0 Å². The average Bonchev–Trinajstić information content (AvgIpc) is 2.18. The summed E-state index contributed by atoms with van der Waals surface area (Å²) in [5.74, 6) is -2.10. The number of halogens is 2. The maximum atomic E-state index is 13.3. The summed E-state index contributed by atoms with van der Waals surface area (Å²) in [7, 11) is 0. The van der Waals surface area contributed by atoms with Crippen molar-refractivity contribution >= 4 is 0 Å². The molecule has 0 saturated carbocycles. The predicted molar refractivity (Wildman–Crippen MR) is 49.6 cm³/mol. The van der Waals surface area contributed by atoms with Crippen molar-refractivity contribution in [3.8, 4) is 12.1 Å². The Morgan fingerprint density at radius 1 is 1.07 bits per heavy atom. The molecule has 2 nitrogen and oxygen atoms in total. The molecule has 0 aliphatic rings. The van der Waals surface area contributed by atoms with Crippen LogP contribution in [0.5, 0.6) is 0 Å². The highest BCUT2D eigenvalue weighted by Crippen LogP contribution is 2.27. The second-order valence-electron chi connectivity index (χ2n) is 3.06. The van der Waals surface area contributed by atoms with Gasteiger partial charge in [-0.15, -0.1) is 0 Å². The number of hydrogen-bond acceptors (Lipinski definition) is 2. The van der Waals surface area contributed by atoms with Crippen molar-refractivity contribution in [3.05, 3.63) is 35.4 Å². The second-order valence-corrected chi connectivity index (χ2v) is 3.06. The summed E-state index contributed by atoms with van der Waals surface area (Å²) in [5, 5.41) is 17.0. The molecule has 0 heterocycles. The molecule has 0 fully saturated rings. The van der Waals surface area contributed by atoms with Crippen LogP contribution in [-0.2, 0) is 0 Å². The average molecular weight is 206 g/mol. The van der Waals surface area contributed by atoms with Crippen molar-refractivity contribution < 1.29 is 8.78 Å². The molecule has 15 heavy (non-hydrogen) atoms. The van der Waals surface area contributed by atoms with Gasteiger partial charge in [0.1, 0.15) is 11.6 Å². The van der Waals surface area contributed by atoms with E-state index in [1.54, 1.807) is 0 Å². The summed E-state index contributed by atoms with van der Waals surface area (Å²) in [4.78, 5) is 0. The lowest BCUT2D eigenvalue weighted by Gasteiger charge is -2.11. The number of benzene rings is 1. The lowest BCUT2D eigenvalue weighted by Crippen LogP contribution is -2.03. The van der Waals surface area contributed by atoms with Gasteiger partial charge >= 0.3 is 0 Å². The molecule has 0 radical (unpaired) electrons. The van der Waals surface area contributed by atoms with Crippen LogP contribution in [-0.4, -0.2) is 0 Å².